The normalized spacial score (nSPS) is 1.33. The summed E-state index contributed by atoms with van der Waals surface area (Å²) in [5, 5.41) is 0. The molecule has 0 radical (unpaired) electrons. The molecule has 0 saturated heterocycles. The Balaban J connectivity index is -0.00000000667. The van der Waals surface area contributed by atoms with E-state index in [9.17, 15) is 0 Å². The quantitative estimate of drug-likeness (QED) is 0.416. The maximum atomic E-state index is 8.12. The van der Waals surface area contributed by atoms with Crippen LogP contribution in [0.5, 0.6) is 0 Å². The van der Waals surface area contributed by atoms with Gasteiger partial charge < -0.3 is 0 Å². The van der Waals surface area contributed by atoms with Crippen LogP contribution in [0.2, 0.25) is 0 Å². The zero-order chi connectivity index (χ0) is 2.71. The molecule has 5 heteroatoms. The molecule has 0 N–H and O–H groups in total. The summed E-state index contributed by atoms with van der Waals surface area (Å²) in [6, 6.07) is 0. The van der Waals surface area contributed by atoms with Gasteiger partial charge in [0, 0.05) is 50.0 Å². The maximum Gasteiger partial charge on any atom is 0.373 e. The van der Waals surface area contributed by atoms with E-state index in [1.165, 1.54) is 0 Å². The summed E-state index contributed by atoms with van der Waals surface area (Å²) in [6.07, 6.45) is 0.250. The number of hydrogen-bond donors (Lipinski definition) is 0. The van der Waals surface area contributed by atoms with E-state index in [2.05, 4.69) is 0 Å². The molecule has 0 saturated carbocycles. The molecule has 0 aromatic rings. The number of carbonyl (C=O) groups excluding carboxylic acids is 2. The molecule has 0 aromatic heterocycles. The summed E-state index contributed by atoms with van der Waals surface area (Å²) in [5.74, 6) is 0. The van der Waals surface area contributed by atoms with Crippen LogP contribution in [0.25, 0.3) is 0 Å². The molecule has 2 nitrogen and oxygen atoms in total. The minimum atomic E-state index is 0. The smallest absolute Gasteiger partial charge is 0.186 e. The monoisotopic (exact) mass is 108 g/mol. The van der Waals surface area contributed by atoms with Crippen LogP contribution in [0.3, 0.4) is 0 Å². The van der Waals surface area contributed by atoms with Gasteiger partial charge in [0.1, 0.15) is 0 Å². The number of rotatable bonds is 0. The summed E-state index contributed by atoms with van der Waals surface area (Å²) < 4.78 is 0. The molecular weight excluding hydrogens is 108 g/mol. The van der Waals surface area contributed by atoms with Crippen LogP contribution in [0.4, 0.5) is 0 Å². The van der Waals surface area contributed by atoms with Crippen LogP contribution in [-0.4, -0.2) is 6.15 Å². The van der Waals surface area contributed by atoms with E-state index < -0.39 is 0 Å². The summed E-state index contributed by atoms with van der Waals surface area (Å²) in [5.41, 5.74) is 0. The Bertz CT molecular complexity index is 34.5. The number of hydrogen-bond acceptors (Lipinski definition) is 2. The first-order valence-electron chi connectivity index (χ1n) is 0.408. The van der Waals surface area contributed by atoms with E-state index in [-0.39, 0.29) is 56.2 Å². The third kappa shape index (κ3) is 254. The van der Waals surface area contributed by atoms with Gasteiger partial charge in [0.2, 0.25) is 0 Å². The zero-order valence-corrected chi connectivity index (χ0v) is 3.44. The predicted octanol–water partition coefficient (Wildman–Crippen LogP) is -0.584. The van der Waals surface area contributed by atoms with Crippen molar-refractivity contribution in [3.8, 4) is 0 Å². The van der Waals surface area contributed by atoms with Gasteiger partial charge in [-0.15, -0.1) is 0 Å². The largest absolute Gasteiger partial charge is 0.373 e. The third-order valence-corrected chi connectivity index (χ3v) is 0. The predicted molar refractivity (Wildman–Crippen MR) is 5.01 cm³/mol. The Morgan fingerprint density at radius 1 is 1.17 bits per heavy atom. The molecule has 0 unspecified atom stereocenters. The van der Waals surface area contributed by atoms with E-state index in [1.807, 2.05) is 0 Å². The SMILES string of the molecule is O=C=O.[Ar].[He].[Ne]. The molecule has 34 valence electrons. The molecule has 0 amide bonds. The molecule has 0 aliphatic rings. The molecule has 6 heavy (non-hydrogen) atoms. The first kappa shape index (κ1) is 31.8. The van der Waals surface area contributed by atoms with Gasteiger partial charge in [-0.3, -0.25) is 0 Å². The van der Waals surface area contributed by atoms with Gasteiger partial charge in [0.05, 0.1) is 0 Å². The van der Waals surface area contributed by atoms with Crippen LogP contribution in [0, 0.1) is 50.0 Å². The Morgan fingerprint density at radius 3 is 1.17 bits per heavy atom. The summed E-state index contributed by atoms with van der Waals surface area (Å²) in [4.78, 5) is 16.2. The first-order valence-corrected chi connectivity index (χ1v) is 0.408. The Labute approximate surface area is 65.4 Å². The van der Waals surface area contributed by atoms with E-state index in [0.29, 0.717) is 0 Å². The molecule has 0 aromatic carbocycles. The maximum absolute atomic E-state index is 8.12. The van der Waals surface area contributed by atoms with Crippen LogP contribution in [0.1, 0.15) is 0 Å². The second-order valence-corrected chi connectivity index (χ2v) is 0.0833. The second-order valence-electron chi connectivity index (χ2n) is 0.0833. The van der Waals surface area contributed by atoms with Crippen molar-refractivity contribution < 1.29 is 59.6 Å². The summed E-state index contributed by atoms with van der Waals surface area (Å²) in [6.45, 7) is 0. The van der Waals surface area contributed by atoms with Gasteiger partial charge in [-0.25, -0.2) is 0 Å². The fourth-order valence-electron chi connectivity index (χ4n) is 0. The third-order valence-electron chi connectivity index (χ3n) is 0. The van der Waals surface area contributed by atoms with Gasteiger partial charge in [-0.05, 0) is 0 Å². The van der Waals surface area contributed by atoms with Crippen molar-refractivity contribution in [2.45, 2.75) is 0 Å². The Hall–Kier alpha value is 0.458. The summed E-state index contributed by atoms with van der Waals surface area (Å²) in [7, 11) is 0. The van der Waals surface area contributed by atoms with Crippen molar-refractivity contribution in [1.29, 1.82) is 0 Å². The molecule has 0 rings (SSSR count). The molecule has 0 aliphatic heterocycles. The van der Waals surface area contributed by atoms with Gasteiger partial charge in [-0.1, -0.05) is 0 Å². The molecule has 0 fully saturated rings. The van der Waals surface area contributed by atoms with Crippen LogP contribution < -0.4 is 0 Å². The molecule has 0 spiro atoms. The van der Waals surface area contributed by atoms with Gasteiger partial charge in [0.15, 0.2) is 0 Å². The van der Waals surface area contributed by atoms with E-state index >= 15 is 0 Å². The molecular formula is CArHeNeO2. The Kier molecular flexibility index (Phi) is 271. The van der Waals surface area contributed by atoms with E-state index in [0.717, 1.165) is 0 Å². The van der Waals surface area contributed by atoms with E-state index in [1.54, 1.807) is 0 Å². The second kappa shape index (κ2) is 51.0. The fourth-order valence-corrected chi connectivity index (χ4v) is 0. The van der Waals surface area contributed by atoms with Gasteiger partial charge in [-0.2, -0.15) is 9.59 Å². The van der Waals surface area contributed by atoms with Crippen molar-refractivity contribution in [2.24, 2.45) is 0 Å². The topological polar surface area (TPSA) is 34.1 Å². The van der Waals surface area contributed by atoms with Crippen molar-refractivity contribution in [3.63, 3.8) is 0 Å². The molecule has 0 heterocycles. The summed E-state index contributed by atoms with van der Waals surface area (Å²) >= 11 is 0. The Morgan fingerprint density at radius 2 is 1.17 bits per heavy atom. The van der Waals surface area contributed by atoms with Crippen molar-refractivity contribution in [3.05, 3.63) is 0 Å². The van der Waals surface area contributed by atoms with Crippen molar-refractivity contribution in [1.82, 2.24) is 0 Å². The van der Waals surface area contributed by atoms with Crippen molar-refractivity contribution >= 4 is 6.15 Å². The van der Waals surface area contributed by atoms with Crippen LogP contribution in [0.15, 0.2) is 0 Å². The van der Waals surface area contributed by atoms with Crippen LogP contribution in [-0.2, 0) is 9.59 Å². The fraction of sp³-hybridized carbons (Fsp3) is 0. The minimum Gasteiger partial charge on any atom is -0.186 e. The molecule has 0 aliphatic carbocycles. The first-order chi connectivity index (χ1) is 1.41. The average molecular weight is 108 g/mol. The van der Waals surface area contributed by atoms with E-state index in [4.69, 9.17) is 9.59 Å². The van der Waals surface area contributed by atoms with Gasteiger partial charge in [0.25, 0.3) is 0 Å². The van der Waals surface area contributed by atoms with Crippen LogP contribution >= 0.6 is 0 Å². The minimum absolute atomic E-state index is 0. The zero-order valence-electron chi connectivity index (χ0n) is 2.73. The standard InChI is InChI=1S/CO2.Ar.He.Ne/c2-1-3;;;. The molecule has 0 bridgehead atoms. The molecule has 0 atom stereocenters. The van der Waals surface area contributed by atoms with Gasteiger partial charge >= 0.3 is 6.15 Å². The average Bonchev–Trinajstić information content (AvgIpc) is 0.918. The van der Waals surface area contributed by atoms with Crippen molar-refractivity contribution in [2.75, 3.05) is 0 Å².